The molecule has 1 aromatic rings. The summed E-state index contributed by atoms with van der Waals surface area (Å²) in [7, 11) is 0. The lowest BCUT2D eigenvalue weighted by atomic mass is 10.2. The van der Waals surface area contributed by atoms with Crippen molar-refractivity contribution in [2.45, 2.75) is 6.18 Å². The maximum Gasteiger partial charge on any atom is 0.448 e. The molecule has 1 aromatic carbocycles. The topological polar surface area (TPSA) is 20.2 Å². The smallest absolute Gasteiger partial charge is 0.448 e. The Bertz CT molecular complexity index is 300. The van der Waals surface area contributed by atoms with Crippen molar-refractivity contribution in [3.8, 4) is 0 Å². The van der Waals surface area contributed by atoms with E-state index in [2.05, 4.69) is 0 Å². The molecule has 0 radical (unpaired) electrons. The lowest BCUT2D eigenvalue weighted by Gasteiger charge is -2.03. The van der Waals surface area contributed by atoms with Gasteiger partial charge in [-0.1, -0.05) is 30.3 Å². The zero-order valence-corrected chi connectivity index (χ0v) is 6.55. The Hall–Kier alpha value is -1.45. The van der Waals surface area contributed by atoms with Gasteiger partial charge in [0.1, 0.15) is 0 Å². The third kappa shape index (κ3) is 2.82. The molecule has 0 unspecified atom stereocenters. The molecule has 0 bridgehead atoms. The highest BCUT2D eigenvalue weighted by atomic mass is 19.4. The molecule has 4 heteroatoms. The molecule has 0 spiro atoms. The van der Waals surface area contributed by atoms with E-state index in [1.807, 2.05) is 0 Å². The van der Waals surface area contributed by atoms with E-state index < -0.39 is 11.9 Å². The first kappa shape index (κ1) is 9.64. The largest absolute Gasteiger partial charge is 0.504 e. The van der Waals surface area contributed by atoms with Gasteiger partial charge in [-0.15, -0.1) is 0 Å². The maximum atomic E-state index is 11.8. The van der Waals surface area contributed by atoms with Crippen molar-refractivity contribution in [2.24, 2.45) is 0 Å². The van der Waals surface area contributed by atoms with Crippen LogP contribution in [0.3, 0.4) is 0 Å². The van der Waals surface area contributed by atoms with Gasteiger partial charge in [-0.05, 0) is 11.6 Å². The fraction of sp³-hybridized carbons (Fsp3) is 0.111. The molecule has 0 saturated carbocycles. The van der Waals surface area contributed by atoms with Crippen LogP contribution in [0.2, 0.25) is 0 Å². The molecule has 0 aliphatic carbocycles. The first-order valence-electron chi connectivity index (χ1n) is 3.53. The number of aliphatic hydroxyl groups excluding tert-OH is 1. The van der Waals surface area contributed by atoms with Crippen molar-refractivity contribution in [1.29, 1.82) is 0 Å². The second-order valence-electron chi connectivity index (χ2n) is 2.44. The maximum absolute atomic E-state index is 11.8. The van der Waals surface area contributed by atoms with E-state index in [0.29, 0.717) is 11.6 Å². The van der Waals surface area contributed by atoms with Crippen molar-refractivity contribution < 1.29 is 18.3 Å². The molecule has 1 N–H and O–H groups in total. The Morgan fingerprint density at radius 2 is 1.69 bits per heavy atom. The Kier molecular flexibility index (Phi) is 2.60. The average molecular weight is 188 g/mol. The average Bonchev–Trinajstić information content (AvgIpc) is 2.04. The Labute approximate surface area is 73.1 Å². The van der Waals surface area contributed by atoms with E-state index in [1.54, 1.807) is 18.2 Å². The van der Waals surface area contributed by atoms with Crippen LogP contribution < -0.4 is 0 Å². The van der Waals surface area contributed by atoms with Gasteiger partial charge in [-0.3, -0.25) is 0 Å². The Morgan fingerprint density at radius 3 is 2.15 bits per heavy atom. The predicted octanol–water partition coefficient (Wildman–Crippen LogP) is 3.15. The lowest BCUT2D eigenvalue weighted by molar-refractivity contribution is -0.119. The van der Waals surface area contributed by atoms with Crippen LogP contribution in [0.5, 0.6) is 0 Å². The lowest BCUT2D eigenvalue weighted by Crippen LogP contribution is -2.10. The summed E-state index contributed by atoms with van der Waals surface area (Å²) in [6.07, 6.45) is -3.99. The quantitative estimate of drug-likeness (QED) is 0.671. The molecular weight excluding hydrogens is 181 g/mol. The molecular formula is C9H7F3O. The van der Waals surface area contributed by atoms with Gasteiger partial charge in [-0.2, -0.15) is 13.2 Å². The normalized spacial score (nSPS) is 13.0. The highest BCUT2D eigenvalue weighted by Crippen LogP contribution is 2.24. The second kappa shape index (κ2) is 3.51. The fourth-order valence-corrected chi connectivity index (χ4v) is 0.789. The van der Waals surface area contributed by atoms with Crippen molar-refractivity contribution in [1.82, 2.24) is 0 Å². The van der Waals surface area contributed by atoms with Gasteiger partial charge >= 0.3 is 6.18 Å². The molecule has 0 heterocycles. The molecule has 0 aliphatic heterocycles. The van der Waals surface area contributed by atoms with Gasteiger partial charge in [0.25, 0.3) is 0 Å². The van der Waals surface area contributed by atoms with Crippen LogP contribution in [0.25, 0.3) is 6.08 Å². The minimum atomic E-state index is -4.67. The molecule has 0 fully saturated rings. The predicted molar refractivity (Wildman–Crippen MR) is 43.1 cm³/mol. The van der Waals surface area contributed by atoms with E-state index in [9.17, 15) is 13.2 Å². The summed E-state index contributed by atoms with van der Waals surface area (Å²) in [5.74, 6) is -1.58. The summed E-state index contributed by atoms with van der Waals surface area (Å²) in [6.45, 7) is 0. The molecule has 13 heavy (non-hydrogen) atoms. The van der Waals surface area contributed by atoms with Gasteiger partial charge in [0.05, 0.1) is 0 Å². The molecule has 1 nitrogen and oxygen atoms in total. The summed E-state index contributed by atoms with van der Waals surface area (Å²) < 4.78 is 35.4. The third-order valence-electron chi connectivity index (χ3n) is 1.39. The number of alkyl halides is 3. The number of hydrogen-bond acceptors (Lipinski definition) is 1. The molecule has 0 aromatic heterocycles. The first-order valence-corrected chi connectivity index (χ1v) is 3.53. The van der Waals surface area contributed by atoms with Crippen LogP contribution in [-0.2, 0) is 0 Å². The van der Waals surface area contributed by atoms with Crippen molar-refractivity contribution in [3.05, 3.63) is 41.7 Å². The van der Waals surface area contributed by atoms with Crippen molar-refractivity contribution in [3.63, 3.8) is 0 Å². The van der Waals surface area contributed by atoms with Crippen LogP contribution >= 0.6 is 0 Å². The first-order chi connectivity index (χ1) is 6.00. The summed E-state index contributed by atoms with van der Waals surface area (Å²) in [5.41, 5.74) is 0.317. The zero-order chi connectivity index (χ0) is 9.90. The Balaban J connectivity index is 2.90. The standard InChI is InChI=1S/C9H7F3O/c10-9(11,12)8(13)6-7-4-2-1-3-5-7/h1-6,13H. The number of rotatable bonds is 1. The van der Waals surface area contributed by atoms with E-state index in [0.717, 1.165) is 0 Å². The van der Waals surface area contributed by atoms with Crippen LogP contribution in [0.15, 0.2) is 36.1 Å². The van der Waals surface area contributed by atoms with Gasteiger partial charge < -0.3 is 5.11 Å². The van der Waals surface area contributed by atoms with Gasteiger partial charge in [0, 0.05) is 0 Å². The highest BCUT2D eigenvalue weighted by Gasteiger charge is 2.33. The minimum Gasteiger partial charge on any atom is -0.504 e. The highest BCUT2D eigenvalue weighted by molar-refractivity contribution is 5.51. The number of aliphatic hydroxyl groups is 1. The SMILES string of the molecule is OC(=Cc1ccccc1)C(F)(F)F. The van der Waals surface area contributed by atoms with Gasteiger partial charge in [0.2, 0.25) is 0 Å². The minimum absolute atomic E-state index is 0.317. The fourth-order valence-electron chi connectivity index (χ4n) is 0.789. The molecule has 70 valence electrons. The number of hydrogen-bond donors (Lipinski definition) is 1. The summed E-state index contributed by atoms with van der Waals surface area (Å²) >= 11 is 0. The van der Waals surface area contributed by atoms with E-state index in [4.69, 9.17) is 5.11 Å². The third-order valence-corrected chi connectivity index (χ3v) is 1.39. The van der Waals surface area contributed by atoms with E-state index >= 15 is 0 Å². The second-order valence-corrected chi connectivity index (χ2v) is 2.44. The molecule has 0 aliphatic rings. The number of benzene rings is 1. The van der Waals surface area contributed by atoms with E-state index in [1.165, 1.54) is 12.1 Å². The summed E-state index contributed by atoms with van der Waals surface area (Å²) in [6, 6.07) is 7.82. The number of allylic oxidation sites excluding steroid dienone is 1. The molecule has 0 saturated heterocycles. The van der Waals surface area contributed by atoms with Crippen molar-refractivity contribution in [2.75, 3.05) is 0 Å². The molecule has 0 amide bonds. The summed E-state index contributed by atoms with van der Waals surface area (Å²) in [5, 5.41) is 8.58. The van der Waals surface area contributed by atoms with Crippen LogP contribution in [0, 0.1) is 0 Å². The van der Waals surface area contributed by atoms with Crippen LogP contribution in [0.4, 0.5) is 13.2 Å². The van der Waals surface area contributed by atoms with Crippen LogP contribution in [-0.4, -0.2) is 11.3 Å². The monoisotopic (exact) mass is 188 g/mol. The summed E-state index contributed by atoms with van der Waals surface area (Å²) in [4.78, 5) is 0. The van der Waals surface area contributed by atoms with Gasteiger partial charge in [-0.25, -0.2) is 0 Å². The van der Waals surface area contributed by atoms with E-state index in [-0.39, 0.29) is 0 Å². The molecule has 1 rings (SSSR count). The van der Waals surface area contributed by atoms with Crippen LogP contribution in [0.1, 0.15) is 5.56 Å². The van der Waals surface area contributed by atoms with Gasteiger partial charge in [0.15, 0.2) is 5.76 Å². The zero-order valence-electron chi connectivity index (χ0n) is 6.55. The Morgan fingerprint density at radius 1 is 1.15 bits per heavy atom. The molecule has 0 atom stereocenters. The number of halogens is 3. The van der Waals surface area contributed by atoms with Crippen molar-refractivity contribution >= 4 is 6.08 Å².